The highest BCUT2D eigenvalue weighted by Gasteiger charge is 2.46. The van der Waals surface area contributed by atoms with E-state index in [0.29, 0.717) is 24.9 Å². The van der Waals surface area contributed by atoms with Gasteiger partial charge in [0.2, 0.25) is 0 Å². The van der Waals surface area contributed by atoms with E-state index in [9.17, 15) is 4.79 Å². The number of furan rings is 1. The summed E-state index contributed by atoms with van der Waals surface area (Å²) in [4.78, 5) is 17.0. The Morgan fingerprint density at radius 2 is 1.84 bits per heavy atom. The fraction of sp³-hybridized carbons (Fsp3) is 0.440. The highest BCUT2D eigenvalue weighted by atomic mass is 16.5. The molecule has 3 aliphatic heterocycles. The minimum atomic E-state index is -0.451. The first-order chi connectivity index (χ1) is 15.6. The molecule has 0 aliphatic carbocycles. The molecule has 6 rings (SSSR count). The molecule has 0 saturated carbocycles. The third kappa shape index (κ3) is 3.06. The molecule has 3 aliphatic rings. The number of likely N-dealkylation sites (tertiary alicyclic amines) is 2. The summed E-state index contributed by atoms with van der Waals surface area (Å²) in [5.74, 6) is 1.26. The molecule has 7 heteroatoms. The number of aromatic nitrogens is 2. The number of amides is 1. The van der Waals surface area contributed by atoms with Crippen LogP contribution in [0.15, 0.2) is 53.3 Å². The number of benzene rings is 1. The molecule has 0 bridgehead atoms. The van der Waals surface area contributed by atoms with E-state index in [0.717, 1.165) is 50.1 Å². The van der Waals surface area contributed by atoms with Gasteiger partial charge in [0.1, 0.15) is 11.4 Å². The molecule has 0 radical (unpaired) electrons. The quantitative estimate of drug-likeness (QED) is 0.614. The minimum absolute atomic E-state index is 0.0525. The lowest BCUT2D eigenvalue weighted by Gasteiger charge is -2.44. The molecule has 2 saturated heterocycles. The monoisotopic (exact) mass is 432 g/mol. The SMILES string of the molecule is CN1CCC(n2ncc3c2-c2ccccc2OC32CCN(C(=O)c3ccco3)CC2)CC1. The smallest absolute Gasteiger partial charge is 0.289 e. The summed E-state index contributed by atoms with van der Waals surface area (Å²) in [6, 6.07) is 12.2. The Bertz CT molecular complexity index is 1120. The van der Waals surface area contributed by atoms with E-state index in [1.54, 1.807) is 18.4 Å². The molecule has 166 valence electrons. The van der Waals surface area contributed by atoms with Gasteiger partial charge in [0, 0.05) is 37.1 Å². The second kappa shape index (κ2) is 7.52. The van der Waals surface area contributed by atoms with E-state index in [2.05, 4.69) is 34.8 Å². The van der Waals surface area contributed by atoms with Crippen LogP contribution in [-0.2, 0) is 5.60 Å². The molecule has 2 aromatic heterocycles. The van der Waals surface area contributed by atoms with Crippen LogP contribution in [-0.4, -0.2) is 58.7 Å². The molecular formula is C25H28N4O3. The maximum Gasteiger partial charge on any atom is 0.289 e. The first-order valence-corrected chi connectivity index (χ1v) is 11.5. The number of para-hydroxylation sites is 1. The van der Waals surface area contributed by atoms with Crippen molar-refractivity contribution in [2.24, 2.45) is 0 Å². The van der Waals surface area contributed by atoms with Crippen LogP contribution in [0.4, 0.5) is 0 Å². The lowest BCUT2D eigenvalue weighted by atomic mass is 9.80. The van der Waals surface area contributed by atoms with Gasteiger partial charge in [0.05, 0.1) is 24.2 Å². The van der Waals surface area contributed by atoms with Crippen LogP contribution in [0.5, 0.6) is 5.75 Å². The number of rotatable bonds is 2. The first-order valence-electron chi connectivity index (χ1n) is 11.5. The summed E-state index contributed by atoms with van der Waals surface area (Å²) in [7, 11) is 2.19. The minimum Gasteiger partial charge on any atom is -0.482 e. The lowest BCUT2D eigenvalue weighted by molar-refractivity contribution is -0.00270. The van der Waals surface area contributed by atoms with Crippen LogP contribution >= 0.6 is 0 Å². The molecular weight excluding hydrogens is 404 g/mol. The molecule has 0 unspecified atom stereocenters. The van der Waals surface area contributed by atoms with E-state index in [1.807, 2.05) is 17.2 Å². The summed E-state index contributed by atoms with van der Waals surface area (Å²) >= 11 is 0. The average molecular weight is 433 g/mol. The number of hydrogen-bond acceptors (Lipinski definition) is 5. The average Bonchev–Trinajstić information content (AvgIpc) is 3.51. The predicted molar refractivity (Wildman–Crippen MR) is 120 cm³/mol. The van der Waals surface area contributed by atoms with Crippen molar-refractivity contribution in [1.82, 2.24) is 19.6 Å². The van der Waals surface area contributed by atoms with Gasteiger partial charge in [0.15, 0.2) is 5.76 Å². The van der Waals surface area contributed by atoms with Crippen molar-refractivity contribution in [2.45, 2.75) is 37.3 Å². The second-order valence-corrected chi connectivity index (χ2v) is 9.25. The number of nitrogens with zero attached hydrogens (tertiary/aromatic N) is 4. The summed E-state index contributed by atoms with van der Waals surface area (Å²) in [5, 5.41) is 4.91. The van der Waals surface area contributed by atoms with Gasteiger partial charge in [0.25, 0.3) is 5.91 Å². The summed E-state index contributed by atoms with van der Waals surface area (Å²) < 4.78 is 14.3. The maximum absolute atomic E-state index is 12.8. The van der Waals surface area contributed by atoms with Crippen LogP contribution in [0.2, 0.25) is 0 Å². The number of piperidine rings is 2. The molecule has 3 aromatic rings. The summed E-state index contributed by atoms with van der Waals surface area (Å²) in [6.45, 7) is 3.43. The van der Waals surface area contributed by atoms with Crippen LogP contribution in [0, 0.1) is 0 Å². The standard InChI is InChI=1S/C25H28N4O3/c1-27-12-8-18(9-13-27)29-23-19-5-2-3-6-21(19)32-25(20(23)17-26-29)10-14-28(15-11-25)24(30)22-7-4-16-31-22/h2-7,16-18H,8-15H2,1H3. The molecule has 1 spiro atoms. The third-order valence-corrected chi connectivity index (χ3v) is 7.36. The highest BCUT2D eigenvalue weighted by Crippen LogP contribution is 2.50. The topological polar surface area (TPSA) is 63.7 Å². The van der Waals surface area contributed by atoms with Crippen molar-refractivity contribution in [3.8, 4) is 17.0 Å². The zero-order valence-corrected chi connectivity index (χ0v) is 18.4. The van der Waals surface area contributed by atoms with Gasteiger partial charge in [-0.2, -0.15) is 5.10 Å². The number of carbonyl (C=O) groups excluding carboxylic acids is 1. The molecule has 0 N–H and O–H groups in total. The van der Waals surface area contributed by atoms with Gasteiger partial charge in [-0.25, -0.2) is 0 Å². The van der Waals surface area contributed by atoms with Gasteiger partial charge in [-0.15, -0.1) is 0 Å². The fourth-order valence-electron chi connectivity index (χ4n) is 5.50. The number of fused-ring (bicyclic) bond motifs is 4. The zero-order valence-electron chi connectivity index (χ0n) is 18.4. The summed E-state index contributed by atoms with van der Waals surface area (Å²) in [6.07, 6.45) is 7.25. The summed E-state index contributed by atoms with van der Waals surface area (Å²) in [5.41, 5.74) is 3.04. The molecule has 5 heterocycles. The van der Waals surface area contributed by atoms with E-state index >= 15 is 0 Å². The third-order valence-electron chi connectivity index (χ3n) is 7.36. The first kappa shape index (κ1) is 19.6. The molecule has 1 aromatic carbocycles. The predicted octanol–water partition coefficient (Wildman–Crippen LogP) is 3.93. The van der Waals surface area contributed by atoms with Crippen LogP contribution in [0.25, 0.3) is 11.3 Å². The zero-order chi connectivity index (χ0) is 21.7. The Morgan fingerprint density at radius 1 is 1.06 bits per heavy atom. The largest absolute Gasteiger partial charge is 0.482 e. The Hall–Kier alpha value is -3.06. The van der Waals surface area contributed by atoms with Crippen molar-refractivity contribution in [1.29, 1.82) is 0 Å². The molecule has 0 atom stereocenters. The molecule has 2 fully saturated rings. The lowest BCUT2D eigenvalue weighted by Crippen LogP contribution is -2.49. The second-order valence-electron chi connectivity index (χ2n) is 9.25. The van der Waals surface area contributed by atoms with E-state index in [-0.39, 0.29) is 5.91 Å². The van der Waals surface area contributed by atoms with E-state index in [1.165, 1.54) is 11.3 Å². The van der Waals surface area contributed by atoms with Crippen LogP contribution in [0.3, 0.4) is 0 Å². The number of carbonyl (C=O) groups is 1. The fourth-order valence-corrected chi connectivity index (χ4v) is 5.50. The van der Waals surface area contributed by atoms with Crippen LogP contribution < -0.4 is 4.74 Å². The highest BCUT2D eigenvalue weighted by molar-refractivity contribution is 5.91. The number of hydrogen-bond donors (Lipinski definition) is 0. The van der Waals surface area contributed by atoms with Crippen molar-refractivity contribution < 1.29 is 13.9 Å². The maximum atomic E-state index is 12.8. The van der Waals surface area contributed by atoms with Gasteiger partial charge in [-0.05, 0) is 57.2 Å². The Kier molecular flexibility index (Phi) is 4.61. The Morgan fingerprint density at radius 3 is 2.59 bits per heavy atom. The Labute approximate surface area is 187 Å². The normalized spacial score (nSPS) is 20.6. The number of ether oxygens (including phenoxy) is 1. The van der Waals surface area contributed by atoms with Crippen molar-refractivity contribution in [2.75, 3.05) is 33.2 Å². The van der Waals surface area contributed by atoms with E-state index < -0.39 is 5.60 Å². The van der Waals surface area contributed by atoms with Crippen LogP contribution in [0.1, 0.15) is 47.8 Å². The molecule has 32 heavy (non-hydrogen) atoms. The van der Waals surface area contributed by atoms with E-state index in [4.69, 9.17) is 14.3 Å². The van der Waals surface area contributed by atoms with Crippen molar-refractivity contribution in [3.63, 3.8) is 0 Å². The van der Waals surface area contributed by atoms with Crippen molar-refractivity contribution >= 4 is 5.91 Å². The van der Waals surface area contributed by atoms with Gasteiger partial charge >= 0.3 is 0 Å². The Balaban J connectivity index is 1.34. The van der Waals surface area contributed by atoms with Gasteiger partial charge < -0.3 is 19.0 Å². The molecule has 1 amide bonds. The molecule has 7 nitrogen and oxygen atoms in total. The van der Waals surface area contributed by atoms with Gasteiger partial charge in [-0.3, -0.25) is 9.48 Å². The van der Waals surface area contributed by atoms with Crippen molar-refractivity contribution in [3.05, 3.63) is 60.2 Å². The van der Waals surface area contributed by atoms with Gasteiger partial charge in [-0.1, -0.05) is 12.1 Å².